The van der Waals surface area contributed by atoms with Crippen molar-refractivity contribution in [3.63, 3.8) is 0 Å². The number of hydrogen-bond donors (Lipinski definition) is 0. The molecule has 4 nitrogen and oxygen atoms in total. The Balaban J connectivity index is 1.80. The highest BCUT2D eigenvalue weighted by Gasteiger charge is 2.38. The molecule has 0 amide bonds. The Bertz CT molecular complexity index is 601. The highest BCUT2D eigenvalue weighted by Crippen LogP contribution is 2.46. The van der Waals surface area contributed by atoms with Crippen molar-refractivity contribution in [1.29, 1.82) is 0 Å². The molecule has 0 radical (unpaired) electrons. The van der Waals surface area contributed by atoms with E-state index in [2.05, 4.69) is 41.8 Å². The summed E-state index contributed by atoms with van der Waals surface area (Å²) in [6, 6.07) is 8.38. The van der Waals surface area contributed by atoms with Gasteiger partial charge in [-0.3, -0.25) is 9.69 Å². The zero-order valence-electron chi connectivity index (χ0n) is 13.6. The lowest BCUT2D eigenvalue weighted by molar-refractivity contribution is -0.116. The van der Waals surface area contributed by atoms with E-state index in [4.69, 9.17) is 4.74 Å². The van der Waals surface area contributed by atoms with E-state index in [-0.39, 0.29) is 11.2 Å². The number of hydrogen-bond acceptors (Lipinski definition) is 4. The summed E-state index contributed by atoms with van der Waals surface area (Å²) in [5.41, 5.74) is 3.42. The number of para-hydroxylation sites is 1. The van der Waals surface area contributed by atoms with E-state index in [0.29, 0.717) is 6.54 Å². The average molecular weight is 300 g/mol. The third kappa shape index (κ3) is 2.69. The molecule has 0 aromatic heterocycles. The van der Waals surface area contributed by atoms with Gasteiger partial charge in [0.25, 0.3) is 0 Å². The van der Waals surface area contributed by atoms with E-state index >= 15 is 0 Å². The molecule has 3 rings (SSSR count). The number of likely N-dealkylation sites (N-methyl/N-ethyl adjacent to an activating group) is 1. The van der Waals surface area contributed by atoms with E-state index in [1.54, 1.807) is 0 Å². The number of carbonyl (C=O) groups is 1. The van der Waals surface area contributed by atoms with Gasteiger partial charge in [-0.05, 0) is 11.6 Å². The number of carbonyl (C=O) groups excluding carboxylic acids is 1. The van der Waals surface area contributed by atoms with Crippen molar-refractivity contribution in [3.8, 4) is 0 Å². The number of ketones is 1. The molecular weight excluding hydrogens is 276 g/mol. The molecule has 118 valence electrons. The molecule has 0 atom stereocenters. The van der Waals surface area contributed by atoms with Crippen LogP contribution in [0.5, 0.6) is 0 Å². The summed E-state index contributed by atoms with van der Waals surface area (Å²) >= 11 is 0. The van der Waals surface area contributed by atoms with Gasteiger partial charge in [-0.1, -0.05) is 32.0 Å². The molecule has 1 saturated heterocycles. The first-order valence-corrected chi connectivity index (χ1v) is 7.88. The molecule has 2 heterocycles. The lowest BCUT2D eigenvalue weighted by atomic mass is 9.83. The summed E-state index contributed by atoms with van der Waals surface area (Å²) in [6.07, 6.45) is 1.83. The summed E-state index contributed by atoms with van der Waals surface area (Å²) in [5, 5.41) is 0. The van der Waals surface area contributed by atoms with Gasteiger partial charge in [-0.2, -0.15) is 0 Å². The van der Waals surface area contributed by atoms with Crippen LogP contribution in [-0.2, 0) is 14.9 Å². The van der Waals surface area contributed by atoms with Gasteiger partial charge < -0.3 is 9.64 Å². The Hall–Kier alpha value is -1.65. The molecule has 0 bridgehead atoms. The molecule has 1 aromatic rings. The first kappa shape index (κ1) is 15.3. The van der Waals surface area contributed by atoms with Gasteiger partial charge >= 0.3 is 0 Å². The summed E-state index contributed by atoms with van der Waals surface area (Å²) in [7, 11) is 2.04. The smallest absolute Gasteiger partial charge is 0.171 e. The number of benzene rings is 1. The number of nitrogens with zero attached hydrogens (tertiary/aromatic N) is 2. The van der Waals surface area contributed by atoms with Gasteiger partial charge in [0.2, 0.25) is 0 Å². The van der Waals surface area contributed by atoms with E-state index < -0.39 is 0 Å². The number of anilines is 1. The monoisotopic (exact) mass is 300 g/mol. The fraction of sp³-hybridized carbons (Fsp3) is 0.500. The molecule has 2 aliphatic rings. The van der Waals surface area contributed by atoms with Crippen molar-refractivity contribution in [1.82, 2.24) is 4.90 Å². The van der Waals surface area contributed by atoms with Crippen LogP contribution in [-0.4, -0.2) is 50.6 Å². The summed E-state index contributed by atoms with van der Waals surface area (Å²) in [6.45, 7) is 7.98. The third-order valence-corrected chi connectivity index (χ3v) is 4.72. The Morgan fingerprint density at radius 2 is 1.95 bits per heavy atom. The zero-order valence-corrected chi connectivity index (χ0v) is 13.6. The summed E-state index contributed by atoms with van der Waals surface area (Å²) < 4.78 is 5.33. The highest BCUT2D eigenvalue weighted by atomic mass is 16.5. The Morgan fingerprint density at radius 3 is 2.64 bits per heavy atom. The average Bonchev–Trinajstić information content (AvgIpc) is 2.70. The van der Waals surface area contributed by atoms with Gasteiger partial charge in [0, 0.05) is 43.0 Å². The van der Waals surface area contributed by atoms with Crippen LogP contribution in [0.3, 0.4) is 0 Å². The van der Waals surface area contributed by atoms with Crippen LogP contribution in [0.15, 0.2) is 36.0 Å². The van der Waals surface area contributed by atoms with E-state index in [9.17, 15) is 4.79 Å². The maximum absolute atomic E-state index is 12.5. The minimum Gasteiger partial charge on any atom is -0.379 e. The van der Waals surface area contributed by atoms with Crippen molar-refractivity contribution in [2.75, 3.05) is 44.8 Å². The fourth-order valence-electron chi connectivity index (χ4n) is 3.44. The summed E-state index contributed by atoms with van der Waals surface area (Å²) in [4.78, 5) is 16.8. The number of ether oxygens (including phenoxy) is 1. The topological polar surface area (TPSA) is 32.8 Å². The van der Waals surface area contributed by atoms with Crippen molar-refractivity contribution in [2.45, 2.75) is 19.3 Å². The van der Waals surface area contributed by atoms with Crippen LogP contribution in [0.1, 0.15) is 19.4 Å². The third-order valence-electron chi connectivity index (χ3n) is 4.72. The van der Waals surface area contributed by atoms with Crippen LogP contribution in [0.25, 0.3) is 0 Å². The first-order chi connectivity index (χ1) is 10.5. The fourth-order valence-corrected chi connectivity index (χ4v) is 3.44. The number of fused-ring (bicyclic) bond motifs is 1. The molecule has 0 saturated carbocycles. The van der Waals surface area contributed by atoms with Crippen LogP contribution < -0.4 is 4.90 Å². The van der Waals surface area contributed by atoms with E-state index in [1.807, 2.05) is 19.2 Å². The lowest BCUT2D eigenvalue weighted by Crippen LogP contribution is -2.39. The molecule has 0 unspecified atom stereocenters. The molecule has 0 N–H and O–H groups in total. The van der Waals surface area contributed by atoms with Gasteiger partial charge in [-0.25, -0.2) is 0 Å². The molecule has 22 heavy (non-hydrogen) atoms. The second-order valence-electron chi connectivity index (χ2n) is 6.59. The van der Waals surface area contributed by atoms with Crippen LogP contribution in [0, 0.1) is 0 Å². The van der Waals surface area contributed by atoms with E-state index in [0.717, 1.165) is 32.0 Å². The molecule has 1 fully saturated rings. The second-order valence-corrected chi connectivity index (χ2v) is 6.59. The Labute approximate surface area is 132 Å². The van der Waals surface area contributed by atoms with Gasteiger partial charge in [0.05, 0.1) is 19.8 Å². The standard InChI is InChI=1S/C18H24N2O2/c1-18(2)15-6-4-5-7-16(15)19(3)17(18)12-14(21)13-20-8-10-22-11-9-20/h4-7,12H,8-11,13H2,1-3H3/b17-12-. The lowest BCUT2D eigenvalue weighted by Gasteiger charge is -2.27. The van der Waals surface area contributed by atoms with Crippen LogP contribution in [0.2, 0.25) is 0 Å². The van der Waals surface area contributed by atoms with Crippen molar-refractivity contribution >= 4 is 11.5 Å². The Morgan fingerprint density at radius 1 is 1.27 bits per heavy atom. The molecule has 1 aromatic carbocycles. The molecule has 0 aliphatic carbocycles. The number of morpholine rings is 1. The maximum atomic E-state index is 12.5. The molecule has 2 aliphatic heterocycles. The van der Waals surface area contributed by atoms with Gasteiger partial charge in [0.1, 0.15) is 0 Å². The van der Waals surface area contributed by atoms with E-state index in [1.165, 1.54) is 11.3 Å². The first-order valence-electron chi connectivity index (χ1n) is 7.88. The van der Waals surface area contributed by atoms with Gasteiger partial charge in [0.15, 0.2) is 5.78 Å². The second kappa shape index (κ2) is 5.86. The summed E-state index contributed by atoms with van der Waals surface area (Å²) in [5.74, 6) is 0.171. The predicted molar refractivity (Wildman–Crippen MR) is 88.2 cm³/mol. The normalized spacial score (nSPS) is 22.9. The van der Waals surface area contributed by atoms with Crippen molar-refractivity contribution < 1.29 is 9.53 Å². The maximum Gasteiger partial charge on any atom is 0.171 e. The highest BCUT2D eigenvalue weighted by molar-refractivity contribution is 5.94. The van der Waals surface area contributed by atoms with Gasteiger partial charge in [-0.15, -0.1) is 0 Å². The molecule has 4 heteroatoms. The molecule has 0 spiro atoms. The molecular formula is C18H24N2O2. The SMILES string of the molecule is CN1/C(=C\C(=O)CN2CCOCC2)C(C)(C)c2ccccc21. The predicted octanol–water partition coefficient (Wildman–Crippen LogP) is 2.20. The van der Waals surface area contributed by atoms with Crippen molar-refractivity contribution in [3.05, 3.63) is 41.6 Å². The van der Waals surface area contributed by atoms with Crippen LogP contribution >= 0.6 is 0 Å². The largest absolute Gasteiger partial charge is 0.379 e. The number of rotatable bonds is 3. The minimum absolute atomic E-state index is 0.133. The minimum atomic E-state index is -0.133. The Kier molecular flexibility index (Phi) is 4.06. The number of allylic oxidation sites excluding steroid dienone is 1. The van der Waals surface area contributed by atoms with Crippen LogP contribution in [0.4, 0.5) is 5.69 Å². The quantitative estimate of drug-likeness (QED) is 0.801. The zero-order chi connectivity index (χ0) is 15.7. The van der Waals surface area contributed by atoms with Crippen molar-refractivity contribution in [2.24, 2.45) is 0 Å².